The molecule has 2 amide bonds. The van der Waals surface area contributed by atoms with Crippen LogP contribution >= 0.6 is 0 Å². The quantitative estimate of drug-likeness (QED) is 0.280. The van der Waals surface area contributed by atoms with Gasteiger partial charge >= 0.3 is 0 Å². The van der Waals surface area contributed by atoms with E-state index in [-0.39, 0.29) is 5.75 Å². The summed E-state index contributed by atoms with van der Waals surface area (Å²) in [5.74, 6) is -0.979. The average molecular weight is 417 g/mol. The molecule has 0 spiro atoms. The van der Waals surface area contributed by atoms with E-state index in [9.17, 15) is 23.1 Å². The van der Waals surface area contributed by atoms with Crippen molar-refractivity contribution in [1.29, 1.82) is 0 Å². The molecule has 160 valence electrons. The van der Waals surface area contributed by atoms with E-state index >= 15 is 0 Å². The van der Waals surface area contributed by atoms with E-state index in [4.69, 9.17) is 5.73 Å². The van der Waals surface area contributed by atoms with E-state index in [1.165, 1.54) is 6.92 Å². The van der Waals surface area contributed by atoms with Crippen LogP contribution in [0.2, 0.25) is 0 Å². The Morgan fingerprint density at radius 1 is 1.36 bits per heavy atom. The number of hydrogen-bond donors (Lipinski definition) is 5. The second kappa shape index (κ2) is 11.9. The van der Waals surface area contributed by atoms with Crippen molar-refractivity contribution in [2.75, 3.05) is 25.4 Å². The van der Waals surface area contributed by atoms with Crippen LogP contribution in [0.1, 0.15) is 33.1 Å². The first kappa shape index (κ1) is 24.3. The molecule has 1 aliphatic rings. The van der Waals surface area contributed by atoms with Crippen molar-refractivity contribution in [3.8, 4) is 0 Å². The molecular weight excluding hydrogens is 384 g/mol. The summed E-state index contributed by atoms with van der Waals surface area (Å²) in [6.07, 6.45) is 7.88. The Bertz CT molecular complexity index is 690. The topological polar surface area (TPSA) is 151 Å². The highest BCUT2D eigenvalue weighted by Crippen LogP contribution is 2.14. The molecule has 0 bridgehead atoms. The monoisotopic (exact) mass is 416 g/mol. The van der Waals surface area contributed by atoms with Crippen LogP contribution in [0.3, 0.4) is 0 Å². The van der Waals surface area contributed by atoms with Gasteiger partial charge in [0.2, 0.25) is 21.8 Å². The highest BCUT2D eigenvalue weighted by molar-refractivity contribution is 7.89. The molecule has 0 saturated heterocycles. The number of amides is 2. The molecule has 0 aromatic heterocycles. The lowest BCUT2D eigenvalue weighted by Gasteiger charge is -2.20. The molecule has 0 heterocycles. The van der Waals surface area contributed by atoms with Crippen molar-refractivity contribution in [2.24, 2.45) is 11.7 Å². The largest absolute Gasteiger partial charge is 0.394 e. The van der Waals surface area contributed by atoms with Crippen LogP contribution in [-0.2, 0) is 19.6 Å². The first-order chi connectivity index (χ1) is 13.2. The van der Waals surface area contributed by atoms with E-state index in [0.29, 0.717) is 31.8 Å². The smallest absolute Gasteiger partial charge is 0.242 e. The van der Waals surface area contributed by atoms with Gasteiger partial charge in [0, 0.05) is 6.54 Å². The lowest BCUT2D eigenvalue weighted by atomic mass is 9.97. The molecular formula is C18H32N4O5S. The van der Waals surface area contributed by atoms with E-state index in [0.717, 1.165) is 12.0 Å². The number of nitrogens with two attached hydrogens (primary N) is 1. The summed E-state index contributed by atoms with van der Waals surface area (Å²) in [6, 6.07) is -2.22. The molecule has 1 rings (SSSR count). The molecule has 0 aromatic carbocycles. The third-order valence-electron chi connectivity index (χ3n) is 4.37. The number of sulfonamides is 1. The summed E-state index contributed by atoms with van der Waals surface area (Å²) >= 11 is 0. The highest BCUT2D eigenvalue weighted by atomic mass is 32.2. The summed E-state index contributed by atoms with van der Waals surface area (Å²) in [4.78, 5) is 24.4. The van der Waals surface area contributed by atoms with Gasteiger partial charge in [0.15, 0.2) is 0 Å². The average Bonchev–Trinajstić information content (AvgIpc) is 2.68. The minimum absolute atomic E-state index is 0.128. The Kier molecular flexibility index (Phi) is 10.4. The van der Waals surface area contributed by atoms with E-state index in [1.54, 1.807) is 0 Å². The van der Waals surface area contributed by atoms with Crippen LogP contribution in [0, 0.1) is 5.92 Å². The molecule has 0 fully saturated rings. The van der Waals surface area contributed by atoms with E-state index < -0.39 is 40.5 Å². The molecule has 28 heavy (non-hydrogen) atoms. The number of aliphatic hydroxyl groups is 1. The number of aliphatic hydroxyl groups excluding tert-OH is 1. The van der Waals surface area contributed by atoms with Crippen LogP contribution in [0.25, 0.3) is 0 Å². The van der Waals surface area contributed by atoms with Crippen LogP contribution in [-0.4, -0.2) is 62.9 Å². The van der Waals surface area contributed by atoms with Crippen molar-refractivity contribution in [3.63, 3.8) is 0 Å². The zero-order chi connectivity index (χ0) is 21.2. The Morgan fingerprint density at radius 2 is 2.07 bits per heavy atom. The number of allylic oxidation sites excluding steroid dienone is 1. The lowest BCUT2D eigenvalue weighted by Crippen LogP contribution is -2.54. The molecule has 1 unspecified atom stereocenters. The maximum Gasteiger partial charge on any atom is 0.242 e. The predicted octanol–water partition coefficient (Wildman–Crippen LogP) is -0.851. The number of hydrogen-bond acceptors (Lipinski definition) is 6. The number of nitrogens with one attached hydrogen (secondary N) is 3. The van der Waals surface area contributed by atoms with Crippen molar-refractivity contribution >= 4 is 21.8 Å². The summed E-state index contributed by atoms with van der Waals surface area (Å²) in [5.41, 5.74) is 6.56. The van der Waals surface area contributed by atoms with Crippen molar-refractivity contribution < 1.29 is 23.1 Å². The van der Waals surface area contributed by atoms with Gasteiger partial charge in [0.05, 0.1) is 12.4 Å². The third kappa shape index (κ3) is 8.51. The molecule has 6 N–H and O–H groups in total. The van der Waals surface area contributed by atoms with Crippen LogP contribution in [0.15, 0.2) is 23.8 Å². The van der Waals surface area contributed by atoms with E-state index in [1.807, 2.05) is 25.2 Å². The van der Waals surface area contributed by atoms with Gasteiger partial charge in [-0.05, 0) is 37.8 Å². The molecule has 0 radical (unpaired) electrons. The van der Waals surface area contributed by atoms with E-state index in [2.05, 4.69) is 15.4 Å². The summed E-state index contributed by atoms with van der Waals surface area (Å²) < 4.78 is 26.0. The zero-order valence-electron chi connectivity index (χ0n) is 16.5. The van der Waals surface area contributed by atoms with Gasteiger partial charge in [-0.2, -0.15) is 0 Å². The number of unbranched alkanes of at least 4 members (excludes halogenated alkanes) is 1. The lowest BCUT2D eigenvalue weighted by molar-refractivity contribution is -0.129. The molecule has 10 heteroatoms. The maximum absolute atomic E-state index is 12.2. The Balaban J connectivity index is 2.49. The molecule has 0 aliphatic heterocycles. The molecule has 0 aromatic rings. The number of carbonyl (C=O) groups excluding carboxylic acids is 2. The third-order valence-corrected chi connectivity index (χ3v) is 5.84. The standard InChI is InChI=1S/C18H32N4O5S/c1-3-4-9-28(26,27)22-16(12-23)18(25)21-13(2)17(24)20-11-15-7-5-14(10-19)6-8-15/h5,7-8,13-14,16,22-23H,3-4,6,9-12,19H2,1-2H3,(H,20,24)(H,21,25)/t13-,14?,16+/m0/s1. The van der Waals surface area contributed by atoms with Crippen LogP contribution in [0.5, 0.6) is 0 Å². The Hall–Kier alpha value is -1.75. The van der Waals surface area contributed by atoms with Gasteiger partial charge in [-0.1, -0.05) is 31.6 Å². The fraction of sp³-hybridized carbons (Fsp3) is 0.667. The van der Waals surface area contributed by atoms with Crippen molar-refractivity contribution in [3.05, 3.63) is 23.8 Å². The normalized spacial score (nSPS) is 18.9. The zero-order valence-corrected chi connectivity index (χ0v) is 17.3. The minimum atomic E-state index is -3.68. The number of rotatable bonds is 12. The second-order valence-electron chi connectivity index (χ2n) is 6.84. The second-order valence-corrected chi connectivity index (χ2v) is 8.72. The van der Waals surface area contributed by atoms with Gasteiger partial charge in [-0.15, -0.1) is 0 Å². The van der Waals surface area contributed by atoms with Crippen LogP contribution in [0.4, 0.5) is 0 Å². The Morgan fingerprint density at radius 3 is 2.61 bits per heavy atom. The van der Waals surface area contributed by atoms with Gasteiger partial charge in [0.25, 0.3) is 0 Å². The molecule has 3 atom stereocenters. The fourth-order valence-corrected chi connectivity index (χ4v) is 3.92. The highest BCUT2D eigenvalue weighted by Gasteiger charge is 2.26. The first-order valence-corrected chi connectivity index (χ1v) is 11.1. The first-order valence-electron chi connectivity index (χ1n) is 9.48. The van der Waals surface area contributed by atoms with Gasteiger partial charge in [0.1, 0.15) is 12.1 Å². The molecule has 9 nitrogen and oxygen atoms in total. The Labute approximate surface area is 166 Å². The van der Waals surface area contributed by atoms with Crippen molar-refractivity contribution in [2.45, 2.75) is 45.2 Å². The van der Waals surface area contributed by atoms with Gasteiger partial charge in [-0.25, -0.2) is 13.1 Å². The summed E-state index contributed by atoms with van der Waals surface area (Å²) in [5, 5.41) is 14.5. The summed E-state index contributed by atoms with van der Waals surface area (Å²) in [7, 11) is -3.68. The van der Waals surface area contributed by atoms with Gasteiger partial charge < -0.3 is 21.5 Å². The van der Waals surface area contributed by atoms with Gasteiger partial charge in [-0.3, -0.25) is 9.59 Å². The maximum atomic E-state index is 12.2. The van der Waals surface area contributed by atoms with Crippen LogP contribution < -0.4 is 21.1 Å². The molecule has 0 saturated carbocycles. The SMILES string of the molecule is CCCCS(=O)(=O)N[C@H](CO)C(=O)N[C@@H](C)C(=O)NCC1=CCC(CN)C=C1. The predicted molar refractivity (Wildman–Crippen MR) is 108 cm³/mol. The number of carbonyl (C=O) groups is 2. The summed E-state index contributed by atoms with van der Waals surface area (Å²) in [6.45, 7) is 3.53. The fourth-order valence-electron chi connectivity index (χ4n) is 2.52. The minimum Gasteiger partial charge on any atom is -0.394 e. The van der Waals surface area contributed by atoms with Crippen molar-refractivity contribution in [1.82, 2.24) is 15.4 Å². The molecule has 1 aliphatic carbocycles.